The Bertz CT molecular complexity index is 593. The van der Waals surface area contributed by atoms with E-state index < -0.39 is 35.6 Å². The average Bonchev–Trinajstić information content (AvgIpc) is 2.51. The van der Waals surface area contributed by atoms with Crippen molar-refractivity contribution in [3.8, 4) is 5.75 Å². The normalized spacial score (nSPS) is 13.3. The van der Waals surface area contributed by atoms with Gasteiger partial charge in [0.2, 0.25) is 0 Å². The maximum Gasteiger partial charge on any atom is 0.407 e. The molecule has 1 N–H and O–H groups in total. The van der Waals surface area contributed by atoms with E-state index in [1.807, 2.05) is 0 Å². The average molecular weight is 351 g/mol. The van der Waals surface area contributed by atoms with Gasteiger partial charge in [-0.05, 0) is 39.8 Å². The lowest BCUT2D eigenvalue weighted by Gasteiger charge is -2.25. The van der Waals surface area contributed by atoms with Crippen molar-refractivity contribution in [3.05, 3.63) is 30.3 Å². The van der Waals surface area contributed by atoms with Crippen molar-refractivity contribution < 1.29 is 28.6 Å². The molecule has 0 radical (unpaired) electrons. The summed E-state index contributed by atoms with van der Waals surface area (Å²) in [6.07, 6.45) is -0.925. The Balaban J connectivity index is 2.78. The Morgan fingerprint density at radius 1 is 1.12 bits per heavy atom. The van der Waals surface area contributed by atoms with E-state index >= 15 is 0 Å². The number of carbonyl (C=O) groups is 3. The third-order valence-corrected chi connectivity index (χ3v) is 3.24. The number of ether oxygens (including phenoxy) is 3. The van der Waals surface area contributed by atoms with Crippen LogP contribution in [0.15, 0.2) is 30.3 Å². The molecule has 0 spiro atoms. The Labute approximate surface area is 147 Å². The van der Waals surface area contributed by atoms with E-state index in [0.29, 0.717) is 5.75 Å². The molecular weight excluding hydrogens is 326 g/mol. The SMILES string of the molecule is COC(=O)C(C)[C@@H](CC(=O)Oc1ccccc1)NC(=O)OC(C)(C)C. The largest absolute Gasteiger partial charge is 0.469 e. The molecule has 7 heteroatoms. The topological polar surface area (TPSA) is 90.9 Å². The van der Waals surface area contributed by atoms with Gasteiger partial charge >= 0.3 is 18.0 Å². The third-order valence-electron chi connectivity index (χ3n) is 3.24. The smallest absolute Gasteiger partial charge is 0.407 e. The summed E-state index contributed by atoms with van der Waals surface area (Å²) in [5.41, 5.74) is -0.701. The molecule has 0 saturated heterocycles. The van der Waals surface area contributed by atoms with Crippen LogP contribution < -0.4 is 10.1 Å². The fraction of sp³-hybridized carbons (Fsp3) is 0.500. The van der Waals surface area contributed by atoms with Crippen LogP contribution in [-0.2, 0) is 19.1 Å². The maximum absolute atomic E-state index is 12.1. The van der Waals surface area contributed by atoms with Crippen LogP contribution >= 0.6 is 0 Å². The summed E-state index contributed by atoms with van der Waals surface area (Å²) >= 11 is 0. The number of hydrogen-bond acceptors (Lipinski definition) is 6. The third kappa shape index (κ3) is 7.69. The van der Waals surface area contributed by atoms with Gasteiger partial charge in [-0.2, -0.15) is 0 Å². The molecule has 2 atom stereocenters. The standard InChI is InChI=1S/C18H25NO6/c1-12(16(21)23-5)14(19-17(22)25-18(2,3)4)11-15(20)24-13-9-7-6-8-10-13/h6-10,12,14H,11H2,1-5H3,(H,19,22)/t12?,14-/m1/s1. The molecular formula is C18H25NO6. The fourth-order valence-electron chi connectivity index (χ4n) is 2.00. The summed E-state index contributed by atoms with van der Waals surface area (Å²) in [7, 11) is 1.24. The lowest BCUT2D eigenvalue weighted by molar-refractivity contribution is -0.146. The minimum Gasteiger partial charge on any atom is -0.469 e. The quantitative estimate of drug-likeness (QED) is 0.626. The van der Waals surface area contributed by atoms with Gasteiger partial charge in [-0.3, -0.25) is 9.59 Å². The Hall–Kier alpha value is -2.57. The number of carbonyl (C=O) groups excluding carboxylic acids is 3. The zero-order valence-corrected chi connectivity index (χ0v) is 15.2. The highest BCUT2D eigenvalue weighted by molar-refractivity contribution is 5.79. The van der Waals surface area contributed by atoms with Gasteiger partial charge in [0, 0.05) is 0 Å². The number of hydrogen-bond donors (Lipinski definition) is 1. The molecule has 0 aromatic heterocycles. The molecule has 1 aromatic carbocycles. The summed E-state index contributed by atoms with van der Waals surface area (Å²) in [6.45, 7) is 6.71. The predicted molar refractivity (Wildman–Crippen MR) is 91.0 cm³/mol. The van der Waals surface area contributed by atoms with Crippen LogP contribution in [0.3, 0.4) is 0 Å². The molecule has 0 aliphatic heterocycles. The first-order valence-electron chi connectivity index (χ1n) is 7.95. The van der Waals surface area contributed by atoms with Gasteiger partial charge in [0.15, 0.2) is 0 Å². The van der Waals surface area contributed by atoms with Gasteiger partial charge in [0.25, 0.3) is 0 Å². The van der Waals surface area contributed by atoms with Crippen molar-refractivity contribution in [1.29, 1.82) is 0 Å². The number of methoxy groups -OCH3 is 1. The molecule has 0 bridgehead atoms. The van der Waals surface area contributed by atoms with Crippen LogP contribution in [0, 0.1) is 5.92 Å². The number of esters is 2. The molecule has 0 fully saturated rings. The van der Waals surface area contributed by atoms with Crippen LogP contribution in [0.5, 0.6) is 5.75 Å². The van der Waals surface area contributed by atoms with Gasteiger partial charge in [-0.15, -0.1) is 0 Å². The highest BCUT2D eigenvalue weighted by Gasteiger charge is 2.30. The van der Waals surface area contributed by atoms with Crippen molar-refractivity contribution in [3.63, 3.8) is 0 Å². The van der Waals surface area contributed by atoms with Gasteiger partial charge in [-0.1, -0.05) is 18.2 Å². The number of nitrogens with one attached hydrogen (secondary N) is 1. The molecule has 1 rings (SSSR count). The minimum atomic E-state index is -0.821. The molecule has 7 nitrogen and oxygen atoms in total. The fourth-order valence-corrected chi connectivity index (χ4v) is 2.00. The van der Waals surface area contributed by atoms with Crippen molar-refractivity contribution in [1.82, 2.24) is 5.32 Å². The molecule has 0 aliphatic carbocycles. The van der Waals surface area contributed by atoms with Crippen LogP contribution in [-0.4, -0.2) is 36.8 Å². The second kappa shape index (κ2) is 9.05. The minimum absolute atomic E-state index is 0.204. The Morgan fingerprint density at radius 2 is 1.72 bits per heavy atom. The highest BCUT2D eigenvalue weighted by Crippen LogP contribution is 2.15. The molecule has 0 heterocycles. The summed E-state index contributed by atoms with van der Waals surface area (Å²) in [5.74, 6) is -1.49. The predicted octanol–water partition coefficient (Wildman–Crippen LogP) is 2.68. The first-order chi connectivity index (χ1) is 11.6. The van der Waals surface area contributed by atoms with Gasteiger partial charge < -0.3 is 19.5 Å². The van der Waals surface area contributed by atoms with Crippen LogP contribution in [0.4, 0.5) is 4.79 Å². The second-order valence-corrected chi connectivity index (χ2v) is 6.56. The summed E-state index contributed by atoms with van der Waals surface area (Å²) in [5, 5.41) is 2.54. The van der Waals surface area contributed by atoms with Gasteiger partial charge in [0.1, 0.15) is 11.4 Å². The van der Waals surface area contributed by atoms with Crippen molar-refractivity contribution in [2.45, 2.75) is 45.8 Å². The van der Waals surface area contributed by atoms with E-state index in [1.54, 1.807) is 58.0 Å². The van der Waals surface area contributed by atoms with Crippen molar-refractivity contribution in [2.75, 3.05) is 7.11 Å². The number of benzene rings is 1. The Morgan fingerprint density at radius 3 is 2.24 bits per heavy atom. The van der Waals surface area contributed by atoms with E-state index in [4.69, 9.17) is 14.2 Å². The van der Waals surface area contributed by atoms with E-state index in [9.17, 15) is 14.4 Å². The molecule has 1 unspecified atom stereocenters. The van der Waals surface area contributed by atoms with Crippen LogP contribution in [0.25, 0.3) is 0 Å². The summed E-state index contributed by atoms with van der Waals surface area (Å²) in [4.78, 5) is 35.9. The number of alkyl carbamates (subject to hydrolysis) is 1. The van der Waals surface area contributed by atoms with E-state index in [0.717, 1.165) is 0 Å². The number of rotatable bonds is 6. The molecule has 25 heavy (non-hydrogen) atoms. The lowest BCUT2D eigenvalue weighted by Crippen LogP contribution is -2.46. The maximum atomic E-state index is 12.1. The van der Waals surface area contributed by atoms with E-state index in [2.05, 4.69) is 5.32 Å². The Kier molecular flexibility index (Phi) is 7.42. The first kappa shape index (κ1) is 20.5. The van der Waals surface area contributed by atoms with Crippen molar-refractivity contribution in [2.24, 2.45) is 5.92 Å². The van der Waals surface area contributed by atoms with Crippen molar-refractivity contribution >= 4 is 18.0 Å². The zero-order valence-electron chi connectivity index (χ0n) is 15.2. The molecule has 1 aromatic rings. The number of amides is 1. The summed E-state index contributed by atoms with van der Waals surface area (Å²) < 4.78 is 15.1. The van der Waals surface area contributed by atoms with Crippen LogP contribution in [0.2, 0.25) is 0 Å². The first-order valence-corrected chi connectivity index (χ1v) is 7.95. The number of para-hydroxylation sites is 1. The molecule has 0 aliphatic rings. The van der Waals surface area contributed by atoms with Gasteiger partial charge in [0.05, 0.1) is 25.5 Å². The monoisotopic (exact) mass is 351 g/mol. The van der Waals surface area contributed by atoms with Gasteiger partial charge in [-0.25, -0.2) is 4.79 Å². The van der Waals surface area contributed by atoms with E-state index in [-0.39, 0.29) is 6.42 Å². The van der Waals surface area contributed by atoms with E-state index in [1.165, 1.54) is 7.11 Å². The zero-order chi connectivity index (χ0) is 19.0. The summed E-state index contributed by atoms with van der Waals surface area (Å²) in [6, 6.07) is 7.71. The lowest BCUT2D eigenvalue weighted by atomic mass is 9.99. The molecule has 138 valence electrons. The highest BCUT2D eigenvalue weighted by atomic mass is 16.6. The molecule has 0 saturated carbocycles. The van der Waals surface area contributed by atoms with Crippen LogP contribution in [0.1, 0.15) is 34.1 Å². The second-order valence-electron chi connectivity index (χ2n) is 6.56. The molecule has 1 amide bonds.